The van der Waals surface area contributed by atoms with Crippen molar-refractivity contribution in [3.63, 3.8) is 0 Å². The Labute approximate surface area is 94.5 Å². The third-order valence-corrected chi connectivity index (χ3v) is 3.55. The number of thiophene rings is 1. The summed E-state index contributed by atoms with van der Waals surface area (Å²) < 4.78 is 0.858. The number of nitrogens with one attached hydrogen (secondary N) is 1. The summed E-state index contributed by atoms with van der Waals surface area (Å²) in [4.78, 5) is 8.43. The van der Waals surface area contributed by atoms with E-state index in [9.17, 15) is 0 Å². The molecule has 0 aromatic carbocycles. The van der Waals surface area contributed by atoms with Gasteiger partial charge in [-0.3, -0.25) is 0 Å². The van der Waals surface area contributed by atoms with Gasteiger partial charge in [0.1, 0.15) is 10.4 Å². The van der Waals surface area contributed by atoms with Crippen molar-refractivity contribution in [2.75, 3.05) is 0 Å². The maximum atomic E-state index is 6.07. The van der Waals surface area contributed by atoms with E-state index in [-0.39, 0.29) is 6.04 Å². The minimum absolute atomic E-state index is 0.152. The molecule has 5 heteroatoms. The lowest BCUT2D eigenvalue weighted by Gasteiger charge is -2.07. The van der Waals surface area contributed by atoms with Crippen LogP contribution in [-0.2, 0) is 0 Å². The lowest BCUT2D eigenvalue weighted by atomic mass is 10.2. The number of hydrogen-bond acceptors (Lipinski definition) is 3. The van der Waals surface area contributed by atoms with Gasteiger partial charge in [-0.1, -0.05) is 0 Å². The van der Waals surface area contributed by atoms with Crippen LogP contribution < -0.4 is 5.73 Å². The molecule has 3 nitrogen and oxygen atoms in total. The molecule has 0 spiro atoms. The molecule has 0 saturated carbocycles. The van der Waals surface area contributed by atoms with Crippen molar-refractivity contribution in [1.82, 2.24) is 9.97 Å². The number of aromatic amines is 1. The molecule has 1 atom stereocenters. The van der Waals surface area contributed by atoms with Crippen LogP contribution in [0.3, 0.4) is 0 Å². The molecule has 74 valence electrons. The van der Waals surface area contributed by atoms with Crippen LogP contribution in [0.25, 0.3) is 0 Å². The van der Waals surface area contributed by atoms with E-state index in [0.29, 0.717) is 0 Å². The van der Waals surface area contributed by atoms with Crippen LogP contribution in [0.2, 0.25) is 0 Å². The van der Waals surface area contributed by atoms with Gasteiger partial charge in [-0.05, 0) is 39.9 Å². The zero-order chi connectivity index (χ0) is 10.1. The minimum Gasteiger partial charge on any atom is -0.335 e. The van der Waals surface area contributed by atoms with Crippen LogP contribution in [0, 0.1) is 6.92 Å². The van der Waals surface area contributed by atoms with Crippen molar-refractivity contribution in [2.45, 2.75) is 13.0 Å². The average Bonchev–Trinajstić information content (AvgIpc) is 2.73. The van der Waals surface area contributed by atoms with E-state index >= 15 is 0 Å². The maximum Gasteiger partial charge on any atom is 0.129 e. The quantitative estimate of drug-likeness (QED) is 0.882. The van der Waals surface area contributed by atoms with E-state index < -0.39 is 0 Å². The predicted octanol–water partition coefficient (Wildman–Crippen LogP) is 2.59. The molecule has 2 aromatic rings. The fourth-order valence-electron chi connectivity index (χ4n) is 1.30. The molecule has 0 amide bonds. The smallest absolute Gasteiger partial charge is 0.129 e. The van der Waals surface area contributed by atoms with Crippen molar-refractivity contribution < 1.29 is 0 Å². The van der Waals surface area contributed by atoms with E-state index in [1.54, 1.807) is 17.5 Å². The molecular formula is C9H10BrN3S. The Morgan fingerprint density at radius 3 is 2.93 bits per heavy atom. The van der Waals surface area contributed by atoms with Gasteiger partial charge in [0.05, 0.1) is 12.2 Å². The summed E-state index contributed by atoms with van der Waals surface area (Å²) in [6.45, 7) is 2.06. The Hall–Kier alpha value is -0.650. The molecule has 0 radical (unpaired) electrons. The van der Waals surface area contributed by atoms with Crippen molar-refractivity contribution in [3.05, 3.63) is 38.5 Å². The second-order valence-electron chi connectivity index (χ2n) is 3.06. The van der Waals surface area contributed by atoms with Gasteiger partial charge in [0.15, 0.2) is 0 Å². The number of rotatable bonds is 2. The summed E-state index contributed by atoms with van der Waals surface area (Å²) in [5, 5.41) is 2.04. The molecule has 2 rings (SSSR count). The normalized spacial score (nSPS) is 13.1. The summed E-state index contributed by atoms with van der Waals surface area (Å²) in [5.74, 6) is 0.794. The van der Waals surface area contributed by atoms with Crippen molar-refractivity contribution >= 4 is 27.3 Å². The van der Waals surface area contributed by atoms with Crippen LogP contribution in [0.15, 0.2) is 22.2 Å². The second kappa shape index (κ2) is 3.84. The molecule has 14 heavy (non-hydrogen) atoms. The Morgan fingerprint density at radius 1 is 1.64 bits per heavy atom. The molecule has 0 saturated heterocycles. The summed E-state index contributed by atoms with van der Waals surface area (Å²) in [7, 11) is 0. The Bertz CT molecular complexity index is 435. The lowest BCUT2D eigenvalue weighted by molar-refractivity contribution is 0.810. The fourth-order valence-corrected chi connectivity index (χ4v) is 2.53. The molecule has 2 heterocycles. The van der Waals surface area contributed by atoms with Gasteiger partial charge in [-0.15, -0.1) is 11.3 Å². The first-order valence-electron chi connectivity index (χ1n) is 4.18. The first kappa shape index (κ1) is 9.89. The Balaban J connectivity index is 2.33. The van der Waals surface area contributed by atoms with Gasteiger partial charge in [-0.25, -0.2) is 4.98 Å². The summed E-state index contributed by atoms with van der Waals surface area (Å²) in [5.41, 5.74) is 7.29. The van der Waals surface area contributed by atoms with Gasteiger partial charge in [0.25, 0.3) is 0 Å². The molecule has 2 aromatic heterocycles. The number of hydrogen-bond donors (Lipinski definition) is 2. The zero-order valence-electron chi connectivity index (χ0n) is 7.62. The number of aromatic nitrogens is 2. The van der Waals surface area contributed by atoms with E-state index in [2.05, 4.69) is 38.9 Å². The van der Waals surface area contributed by atoms with E-state index in [4.69, 9.17) is 5.73 Å². The monoisotopic (exact) mass is 271 g/mol. The highest BCUT2D eigenvalue weighted by atomic mass is 79.9. The zero-order valence-corrected chi connectivity index (χ0v) is 10.0. The van der Waals surface area contributed by atoms with E-state index in [1.165, 1.54) is 5.56 Å². The third-order valence-electron chi connectivity index (χ3n) is 2.04. The van der Waals surface area contributed by atoms with Crippen molar-refractivity contribution in [3.8, 4) is 0 Å². The summed E-state index contributed by atoms with van der Waals surface area (Å²) >= 11 is 4.97. The number of halogens is 1. The van der Waals surface area contributed by atoms with Crippen molar-refractivity contribution in [2.24, 2.45) is 5.73 Å². The van der Waals surface area contributed by atoms with Crippen LogP contribution in [-0.4, -0.2) is 9.97 Å². The molecule has 1 unspecified atom stereocenters. The highest BCUT2D eigenvalue weighted by Gasteiger charge is 2.15. The largest absolute Gasteiger partial charge is 0.335 e. The van der Waals surface area contributed by atoms with E-state index in [1.807, 2.05) is 5.38 Å². The van der Waals surface area contributed by atoms with Crippen LogP contribution in [0.5, 0.6) is 0 Å². The maximum absolute atomic E-state index is 6.07. The van der Waals surface area contributed by atoms with Crippen LogP contribution in [0.4, 0.5) is 0 Å². The van der Waals surface area contributed by atoms with Gasteiger partial charge in [0, 0.05) is 4.88 Å². The lowest BCUT2D eigenvalue weighted by Crippen LogP contribution is -2.12. The average molecular weight is 272 g/mol. The number of nitrogens with zero attached hydrogens (tertiary/aromatic N) is 1. The van der Waals surface area contributed by atoms with Gasteiger partial charge >= 0.3 is 0 Å². The molecular weight excluding hydrogens is 262 g/mol. The number of aryl methyl sites for hydroxylation is 1. The molecule has 0 fully saturated rings. The molecule has 0 aliphatic heterocycles. The first-order chi connectivity index (χ1) is 6.68. The van der Waals surface area contributed by atoms with Gasteiger partial charge in [0.2, 0.25) is 0 Å². The first-order valence-corrected chi connectivity index (χ1v) is 5.85. The third kappa shape index (κ3) is 1.75. The molecule has 0 aliphatic carbocycles. The summed E-state index contributed by atoms with van der Waals surface area (Å²) in [6, 6.07) is 1.92. The number of H-pyrrole nitrogens is 1. The minimum atomic E-state index is -0.152. The molecule has 3 N–H and O–H groups in total. The topological polar surface area (TPSA) is 54.7 Å². The standard InChI is InChI=1S/C9H10BrN3S/c1-5-2-3-14-8(5)7(11)9-12-4-6(10)13-9/h2-4,7H,11H2,1H3,(H,12,13). The highest BCUT2D eigenvalue weighted by molar-refractivity contribution is 9.10. The predicted molar refractivity (Wildman–Crippen MR) is 61.4 cm³/mol. The van der Waals surface area contributed by atoms with E-state index in [0.717, 1.165) is 15.3 Å². The SMILES string of the molecule is Cc1ccsc1C(N)c1ncc(Br)[nH]1. The van der Waals surface area contributed by atoms with Gasteiger partial charge < -0.3 is 10.7 Å². The summed E-state index contributed by atoms with van der Waals surface area (Å²) in [6.07, 6.45) is 1.72. The van der Waals surface area contributed by atoms with Crippen LogP contribution in [0.1, 0.15) is 22.3 Å². The Kier molecular flexibility index (Phi) is 2.71. The number of imidazole rings is 1. The Morgan fingerprint density at radius 2 is 2.43 bits per heavy atom. The van der Waals surface area contributed by atoms with Crippen LogP contribution >= 0.6 is 27.3 Å². The molecule has 0 aliphatic rings. The second-order valence-corrected chi connectivity index (χ2v) is 4.86. The van der Waals surface area contributed by atoms with Gasteiger partial charge in [-0.2, -0.15) is 0 Å². The van der Waals surface area contributed by atoms with Crippen molar-refractivity contribution in [1.29, 1.82) is 0 Å². The highest BCUT2D eigenvalue weighted by Crippen LogP contribution is 2.26. The number of nitrogens with two attached hydrogens (primary N) is 1. The fraction of sp³-hybridized carbons (Fsp3) is 0.222. The molecule has 0 bridgehead atoms.